The standard InChI is InChI=1S/C20H28O5/c1-12-4-5-15-19(2,8-6-16(23)20(15,3)11-21)17(12)14(22)10-13-7-9-25-18(13)24/h7,10,15-17,21-23H,1,4-6,8-9,11H2,2-3H3/b14-10-/t15-,16+,17-,19+,20-/m0/s1. The summed E-state index contributed by atoms with van der Waals surface area (Å²) in [5, 5.41) is 31.4. The summed E-state index contributed by atoms with van der Waals surface area (Å²) < 4.78 is 4.90. The Balaban J connectivity index is 1.99. The van der Waals surface area contributed by atoms with Crippen LogP contribution in [0.15, 0.2) is 35.6 Å². The van der Waals surface area contributed by atoms with Crippen LogP contribution in [-0.4, -0.2) is 40.6 Å². The van der Waals surface area contributed by atoms with Gasteiger partial charge in [0.1, 0.15) is 12.4 Å². The smallest absolute Gasteiger partial charge is 0.338 e. The molecule has 5 atom stereocenters. The Hall–Kier alpha value is -1.59. The molecule has 2 fully saturated rings. The minimum Gasteiger partial charge on any atom is -0.512 e. The third kappa shape index (κ3) is 2.74. The van der Waals surface area contributed by atoms with Crippen molar-refractivity contribution < 1.29 is 24.9 Å². The Morgan fingerprint density at radius 2 is 2.16 bits per heavy atom. The third-order valence-corrected chi connectivity index (χ3v) is 6.82. The number of aliphatic hydroxyl groups excluding tert-OH is 3. The predicted molar refractivity (Wildman–Crippen MR) is 93.6 cm³/mol. The Morgan fingerprint density at radius 3 is 2.76 bits per heavy atom. The average Bonchev–Trinajstić information content (AvgIpc) is 2.96. The summed E-state index contributed by atoms with van der Waals surface area (Å²) in [6, 6.07) is 0. The van der Waals surface area contributed by atoms with Gasteiger partial charge in [0.2, 0.25) is 0 Å². The Kier molecular flexibility index (Phi) is 4.58. The quantitative estimate of drug-likeness (QED) is 0.415. The fourth-order valence-corrected chi connectivity index (χ4v) is 5.38. The summed E-state index contributed by atoms with van der Waals surface area (Å²) in [4.78, 5) is 11.7. The molecule has 1 aliphatic heterocycles. The number of allylic oxidation sites excluding steroid dienone is 1. The normalized spacial score (nSPS) is 42.0. The van der Waals surface area contributed by atoms with Gasteiger partial charge in [0.05, 0.1) is 18.3 Å². The minimum absolute atomic E-state index is 0.0595. The summed E-state index contributed by atoms with van der Waals surface area (Å²) in [6.45, 7) is 8.37. The second kappa shape index (κ2) is 6.29. The number of rotatable bonds is 3. The first-order chi connectivity index (χ1) is 11.7. The summed E-state index contributed by atoms with van der Waals surface area (Å²) in [5.41, 5.74) is 0.390. The first-order valence-corrected chi connectivity index (χ1v) is 8.98. The zero-order valence-corrected chi connectivity index (χ0v) is 15.0. The van der Waals surface area contributed by atoms with E-state index in [-0.39, 0.29) is 36.2 Å². The molecule has 0 amide bonds. The molecule has 5 heteroatoms. The fraction of sp³-hybridized carbons (Fsp3) is 0.650. The van der Waals surface area contributed by atoms with Crippen LogP contribution in [-0.2, 0) is 9.53 Å². The molecule has 0 saturated heterocycles. The predicted octanol–water partition coefficient (Wildman–Crippen LogP) is 2.65. The number of aliphatic hydroxyl groups is 3. The first-order valence-electron chi connectivity index (χ1n) is 8.98. The average molecular weight is 348 g/mol. The zero-order chi connectivity index (χ0) is 18.4. The molecule has 138 valence electrons. The van der Waals surface area contributed by atoms with Crippen molar-refractivity contribution >= 4 is 5.97 Å². The second-order valence-corrected chi connectivity index (χ2v) is 8.23. The summed E-state index contributed by atoms with van der Waals surface area (Å²) in [6.07, 6.45) is 5.48. The number of ether oxygens (including phenoxy) is 1. The maximum absolute atomic E-state index is 11.7. The zero-order valence-electron chi connectivity index (χ0n) is 15.0. The van der Waals surface area contributed by atoms with Gasteiger partial charge < -0.3 is 20.1 Å². The molecule has 3 rings (SSSR count). The van der Waals surface area contributed by atoms with E-state index in [2.05, 4.69) is 13.5 Å². The van der Waals surface area contributed by atoms with Crippen LogP contribution in [0.3, 0.4) is 0 Å². The molecule has 0 aromatic rings. The van der Waals surface area contributed by atoms with E-state index < -0.39 is 17.5 Å². The molecule has 0 spiro atoms. The van der Waals surface area contributed by atoms with Crippen molar-refractivity contribution in [3.05, 3.63) is 35.6 Å². The van der Waals surface area contributed by atoms with Gasteiger partial charge in [-0.3, -0.25) is 0 Å². The highest BCUT2D eigenvalue weighted by Crippen LogP contribution is 2.62. The van der Waals surface area contributed by atoms with E-state index >= 15 is 0 Å². The van der Waals surface area contributed by atoms with Crippen LogP contribution in [0.2, 0.25) is 0 Å². The highest BCUT2D eigenvalue weighted by molar-refractivity contribution is 5.93. The van der Waals surface area contributed by atoms with Gasteiger partial charge in [0, 0.05) is 11.3 Å². The maximum atomic E-state index is 11.7. The van der Waals surface area contributed by atoms with Crippen LogP contribution in [0, 0.1) is 22.7 Å². The SMILES string of the molecule is C=C1CC[C@@H]2[C@](C)(CO)[C@H](O)CC[C@@]2(C)[C@@H]1/C(O)=C/C1=CCOC1=O. The van der Waals surface area contributed by atoms with E-state index in [9.17, 15) is 20.1 Å². The number of carbonyl (C=O) groups excluding carboxylic acids is 1. The van der Waals surface area contributed by atoms with Crippen LogP contribution in [0.1, 0.15) is 39.5 Å². The highest BCUT2D eigenvalue weighted by Gasteiger charge is 2.58. The fourth-order valence-electron chi connectivity index (χ4n) is 5.38. The van der Waals surface area contributed by atoms with Crippen molar-refractivity contribution in [2.45, 2.75) is 45.6 Å². The monoisotopic (exact) mass is 348 g/mol. The lowest BCUT2D eigenvalue weighted by Gasteiger charge is -2.59. The number of carbonyl (C=O) groups is 1. The number of esters is 1. The van der Waals surface area contributed by atoms with Gasteiger partial charge in [-0.15, -0.1) is 0 Å². The second-order valence-electron chi connectivity index (χ2n) is 8.23. The van der Waals surface area contributed by atoms with Gasteiger partial charge in [-0.2, -0.15) is 0 Å². The van der Waals surface area contributed by atoms with E-state index in [0.717, 1.165) is 24.8 Å². The van der Waals surface area contributed by atoms with Gasteiger partial charge in [-0.05, 0) is 49.2 Å². The van der Waals surface area contributed by atoms with Crippen molar-refractivity contribution in [3.63, 3.8) is 0 Å². The third-order valence-electron chi connectivity index (χ3n) is 6.82. The van der Waals surface area contributed by atoms with Crippen LogP contribution in [0.25, 0.3) is 0 Å². The van der Waals surface area contributed by atoms with Crippen molar-refractivity contribution in [1.82, 2.24) is 0 Å². The molecule has 25 heavy (non-hydrogen) atoms. The van der Waals surface area contributed by atoms with Crippen LogP contribution >= 0.6 is 0 Å². The van der Waals surface area contributed by atoms with Gasteiger partial charge in [-0.25, -0.2) is 4.79 Å². The lowest BCUT2D eigenvalue weighted by atomic mass is 9.46. The Bertz CT molecular complexity index is 648. The Morgan fingerprint density at radius 1 is 1.44 bits per heavy atom. The van der Waals surface area contributed by atoms with Gasteiger partial charge in [0.15, 0.2) is 0 Å². The molecule has 3 aliphatic rings. The number of cyclic esters (lactones) is 1. The van der Waals surface area contributed by atoms with Crippen molar-refractivity contribution in [3.8, 4) is 0 Å². The molecule has 2 saturated carbocycles. The molecule has 1 heterocycles. The molecule has 5 nitrogen and oxygen atoms in total. The van der Waals surface area contributed by atoms with Gasteiger partial charge >= 0.3 is 5.97 Å². The lowest BCUT2D eigenvalue weighted by molar-refractivity contribution is -0.150. The molecule has 3 N–H and O–H groups in total. The molecule has 0 aromatic heterocycles. The van der Waals surface area contributed by atoms with Crippen molar-refractivity contribution in [2.24, 2.45) is 22.7 Å². The Labute approximate surface area is 148 Å². The lowest BCUT2D eigenvalue weighted by Crippen LogP contribution is -2.57. The maximum Gasteiger partial charge on any atom is 0.338 e. The van der Waals surface area contributed by atoms with E-state index in [1.165, 1.54) is 6.08 Å². The molecule has 0 bridgehead atoms. The molecule has 0 aromatic carbocycles. The largest absolute Gasteiger partial charge is 0.512 e. The molecular formula is C20H28O5. The summed E-state index contributed by atoms with van der Waals surface area (Å²) in [5.74, 6) is -0.531. The van der Waals surface area contributed by atoms with E-state index in [4.69, 9.17) is 4.74 Å². The highest BCUT2D eigenvalue weighted by atomic mass is 16.5. The van der Waals surface area contributed by atoms with E-state index in [1.807, 2.05) is 6.92 Å². The molecular weight excluding hydrogens is 320 g/mol. The van der Waals surface area contributed by atoms with Crippen LogP contribution in [0.5, 0.6) is 0 Å². The first kappa shape index (κ1) is 18.2. The number of hydrogen-bond acceptors (Lipinski definition) is 5. The van der Waals surface area contributed by atoms with Crippen molar-refractivity contribution in [1.29, 1.82) is 0 Å². The summed E-state index contributed by atoms with van der Waals surface area (Å²) >= 11 is 0. The molecule has 0 unspecified atom stereocenters. The topological polar surface area (TPSA) is 87.0 Å². The molecule has 2 aliphatic carbocycles. The number of fused-ring (bicyclic) bond motifs is 1. The summed E-state index contributed by atoms with van der Waals surface area (Å²) in [7, 11) is 0. The van der Waals surface area contributed by atoms with Gasteiger partial charge in [-0.1, -0.05) is 26.0 Å². The molecule has 0 radical (unpaired) electrons. The van der Waals surface area contributed by atoms with E-state index in [1.54, 1.807) is 6.08 Å². The van der Waals surface area contributed by atoms with Crippen LogP contribution < -0.4 is 0 Å². The minimum atomic E-state index is -0.599. The number of hydrogen-bond donors (Lipinski definition) is 3. The van der Waals surface area contributed by atoms with Gasteiger partial charge in [0.25, 0.3) is 0 Å². The van der Waals surface area contributed by atoms with Crippen LogP contribution in [0.4, 0.5) is 0 Å². The van der Waals surface area contributed by atoms with Crippen molar-refractivity contribution in [2.75, 3.05) is 13.2 Å². The van der Waals surface area contributed by atoms with E-state index in [0.29, 0.717) is 12.0 Å².